The van der Waals surface area contributed by atoms with Crippen molar-refractivity contribution in [1.29, 1.82) is 0 Å². The molecule has 0 aliphatic rings. The number of hydrogen-bond donors (Lipinski definition) is 3. The summed E-state index contributed by atoms with van der Waals surface area (Å²) in [5, 5.41) is 15.3. The first-order valence-corrected chi connectivity index (χ1v) is 8.72. The third-order valence-corrected chi connectivity index (χ3v) is 4.72. The van der Waals surface area contributed by atoms with Gasteiger partial charge in [-0.1, -0.05) is 12.1 Å². The molecule has 0 spiro atoms. The van der Waals surface area contributed by atoms with Crippen LogP contribution in [0.15, 0.2) is 49.8 Å². The van der Waals surface area contributed by atoms with E-state index in [0.717, 1.165) is 0 Å². The normalized spacial score (nSPS) is 10.1. The van der Waals surface area contributed by atoms with Crippen LogP contribution in [0, 0.1) is 0 Å². The third-order valence-electron chi connectivity index (χ3n) is 2.62. The number of benzene rings is 2. The Hall–Kier alpha value is -0.960. The number of carbonyl (C=O) groups excluding carboxylic acids is 1. The fourth-order valence-corrected chi connectivity index (χ4v) is 3.48. The molecule has 3 N–H and O–H groups in total. The molecule has 1 amide bonds. The monoisotopic (exact) mass is 506 g/mol. The highest BCUT2D eigenvalue weighted by Gasteiger charge is 2.12. The number of thiocarbonyl (C=S) groups is 1. The zero-order valence-electron chi connectivity index (χ0n) is 10.9. The van der Waals surface area contributed by atoms with Crippen LogP contribution < -0.4 is 10.6 Å². The number of rotatable bonds is 2. The van der Waals surface area contributed by atoms with Gasteiger partial charge in [0.15, 0.2) is 5.11 Å². The molecule has 2 aromatic rings. The van der Waals surface area contributed by atoms with Crippen LogP contribution in [0.1, 0.15) is 10.4 Å². The predicted molar refractivity (Wildman–Crippen MR) is 101 cm³/mol. The van der Waals surface area contributed by atoms with Gasteiger partial charge in [-0.05, 0) is 84.3 Å². The predicted octanol–water partition coefficient (Wildman–Crippen LogP) is 4.81. The summed E-state index contributed by atoms with van der Waals surface area (Å²) in [5.74, 6) is -0.226. The molecule has 2 aromatic carbocycles. The van der Waals surface area contributed by atoms with Crippen LogP contribution in [0.25, 0.3) is 0 Å². The van der Waals surface area contributed by atoms with Gasteiger partial charge < -0.3 is 10.4 Å². The summed E-state index contributed by atoms with van der Waals surface area (Å²) in [4.78, 5) is 12.1. The molecule has 0 bridgehead atoms. The Morgan fingerprint density at radius 1 is 1.05 bits per heavy atom. The molecule has 22 heavy (non-hydrogen) atoms. The van der Waals surface area contributed by atoms with Crippen LogP contribution in [-0.4, -0.2) is 16.1 Å². The van der Waals surface area contributed by atoms with Crippen molar-refractivity contribution < 1.29 is 9.90 Å². The van der Waals surface area contributed by atoms with Gasteiger partial charge in [0, 0.05) is 10.2 Å². The molecule has 8 heteroatoms. The van der Waals surface area contributed by atoms with E-state index in [1.165, 1.54) is 0 Å². The van der Waals surface area contributed by atoms with Crippen molar-refractivity contribution in [3.8, 4) is 5.75 Å². The number of aromatic hydroxyl groups is 1. The molecule has 0 aliphatic heterocycles. The average molecular weight is 509 g/mol. The Morgan fingerprint density at radius 3 is 2.23 bits per heavy atom. The maximum Gasteiger partial charge on any atom is 0.258 e. The van der Waals surface area contributed by atoms with E-state index in [0.29, 0.717) is 24.7 Å². The van der Waals surface area contributed by atoms with Crippen LogP contribution in [0.2, 0.25) is 0 Å². The van der Waals surface area contributed by atoms with Gasteiger partial charge in [0.25, 0.3) is 5.91 Å². The van der Waals surface area contributed by atoms with Crippen molar-refractivity contribution in [2.24, 2.45) is 0 Å². The molecule has 2 rings (SSSR count). The summed E-state index contributed by atoms with van der Waals surface area (Å²) in [5.41, 5.74) is 1.11. The van der Waals surface area contributed by atoms with Crippen LogP contribution in [-0.2, 0) is 0 Å². The van der Waals surface area contributed by atoms with Gasteiger partial charge in [-0.25, -0.2) is 0 Å². The number of nitrogens with one attached hydrogen (secondary N) is 2. The van der Waals surface area contributed by atoms with E-state index in [1.54, 1.807) is 30.3 Å². The quantitative estimate of drug-likeness (QED) is 0.402. The topological polar surface area (TPSA) is 61.4 Å². The first-order valence-electron chi connectivity index (χ1n) is 5.93. The Morgan fingerprint density at radius 2 is 1.64 bits per heavy atom. The summed E-state index contributed by atoms with van der Waals surface area (Å²) in [6.45, 7) is 0. The second-order valence-corrected chi connectivity index (χ2v) is 7.15. The van der Waals surface area contributed by atoms with E-state index in [4.69, 9.17) is 12.2 Å². The van der Waals surface area contributed by atoms with E-state index >= 15 is 0 Å². The molecule has 0 aliphatic carbocycles. The van der Waals surface area contributed by atoms with E-state index in [2.05, 4.69) is 58.4 Å². The van der Waals surface area contributed by atoms with Gasteiger partial charge in [-0.15, -0.1) is 0 Å². The fourth-order valence-electron chi connectivity index (χ4n) is 1.62. The number of phenols is 1. The van der Waals surface area contributed by atoms with Crippen molar-refractivity contribution >= 4 is 76.7 Å². The van der Waals surface area contributed by atoms with E-state index in [-0.39, 0.29) is 16.8 Å². The van der Waals surface area contributed by atoms with Crippen LogP contribution in [0.4, 0.5) is 5.69 Å². The maximum atomic E-state index is 12.1. The Bertz CT molecular complexity index is 730. The SMILES string of the molecule is O=C(NC(=S)Nc1cc(Br)c(O)c(Br)c1)c1ccccc1Br. The average Bonchev–Trinajstić information content (AvgIpc) is 2.44. The van der Waals surface area contributed by atoms with Crippen molar-refractivity contribution in [2.75, 3.05) is 5.32 Å². The molecule has 0 unspecified atom stereocenters. The summed E-state index contributed by atoms with van der Waals surface area (Å²) in [6, 6.07) is 10.4. The maximum absolute atomic E-state index is 12.1. The molecule has 0 atom stereocenters. The molecule has 0 saturated carbocycles. The third kappa shape index (κ3) is 4.28. The standard InChI is InChI=1S/C14H9Br3N2O2S/c15-9-4-2-1-3-8(9)13(21)19-14(22)18-7-5-10(16)12(20)11(17)6-7/h1-6,20H,(H2,18,19,21,22). The Labute approximate surface area is 157 Å². The molecule has 0 aromatic heterocycles. The van der Waals surface area contributed by atoms with Crippen molar-refractivity contribution in [3.05, 3.63) is 55.4 Å². The zero-order valence-corrected chi connectivity index (χ0v) is 16.4. The van der Waals surface area contributed by atoms with Gasteiger partial charge in [0.2, 0.25) is 0 Å². The molecule has 0 saturated heterocycles. The van der Waals surface area contributed by atoms with E-state index in [1.807, 2.05) is 6.07 Å². The lowest BCUT2D eigenvalue weighted by Gasteiger charge is -2.11. The largest absolute Gasteiger partial charge is 0.506 e. The van der Waals surface area contributed by atoms with Gasteiger partial charge in [0.05, 0.1) is 14.5 Å². The van der Waals surface area contributed by atoms with Crippen LogP contribution >= 0.6 is 60.0 Å². The summed E-state index contributed by atoms with van der Waals surface area (Å²) in [6.07, 6.45) is 0. The van der Waals surface area contributed by atoms with E-state index in [9.17, 15) is 9.90 Å². The summed E-state index contributed by atoms with van der Waals surface area (Å²) >= 11 is 14.9. The first kappa shape index (κ1) is 17.4. The number of anilines is 1. The minimum Gasteiger partial charge on any atom is -0.506 e. The minimum absolute atomic E-state index is 0.0914. The molecule has 0 radical (unpaired) electrons. The van der Waals surface area contributed by atoms with Gasteiger partial charge in [0.1, 0.15) is 5.75 Å². The number of amides is 1. The first-order chi connectivity index (χ1) is 10.4. The molecule has 0 fully saturated rings. The Kier molecular flexibility index (Phi) is 5.96. The summed E-state index contributed by atoms with van der Waals surface area (Å²) in [7, 11) is 0. The van der Waals surface area contributed by atoms with Gasteiger partial charge in [-0.3, -0.25) is 10.1 Å². The molecule has 0 heterocycles. The second-order valence-electron chi connectivity index (χ2n) is 4.18. The lowest BCUT2D eigenvalue weighted by molar-refractivity contribution is 0.0977. The van der Waals surface area contributed by atoms with E-state index < -0.39 is 0 Å². The minimum atomic E-state index is -0.318. The lowest BCUT2D eigenvalue weighted by Crippen LogP contribution is -2.34. The lowest BCUT2D eigenvalue weighted by atomic mass is 10.2. The highest BCUT2D eigenvalue weighted by atomic mass is 79.9. The second kappa shape index (κ2) is 7.54. The smallest absolute Gasteiger partial charge is 0.258 e. The molecule has 4 nitrogen and oxygen atoms in total. The van der Waals surface area contributed by atoms with Crippen molar-refractivity contribution in [3.63, 3.8) is 0 Å². The molecule has 114 valence electrons. The zero-order chi connectivity index (χ0) is 16.3. The highest BCUT2D eigenvalue weighted by Crippen LogP contribution is 2.35. The number of carbonyl (C=O) groups is 1. The Balaban J connectivity index is 2.08. The number of phenolic OH excluding ortho intramolecular Hbond substituents is 1. The van der Waals surface area contributed by atoms with Crippen LogP contribution in [0.3, 0.4) is 0 Å². The van der Waals surface area contributed by atoms with Crippen molar-refractivity contribution in [2.45, 2.75) is 0 Å². The van der Waals surface area contributed by atoms with Crippen LogP contribution in [0.5, 0.6) is 5.75 Å². The van der Waals surface area contributed by atoms with Crippen molar-refractivity contribution in [1.82, 2.24) is 5.32 Å². The fraction of sp³-hybridized carbons (Fsp3) is 0. The molecular weight excluding hydrogens is 500 g/mol. The number of hydrogen-bond acceptors (Lipinski definition) is 3. The summed E-state index contributed by atoms with van der Waals surface area (Å²) < 4.78 is 1.69. The van der Waals surface area contributed by atoms with Gasteiger partial charge >= 0.3 is 0 Å². The van der Waals surface area contributed by atoms with Gasteiger partial charge in [-0.2, -0.15) is 0 Å². The highest BCUT2D eigenvalue weighted by molar-refractivity contribution is 9.11. The molecular formula is C14H9Br3N2O2S. The number of halogens is 3.